The molecule has 2 heteroatoms. The van der Waals surface area contributed by atoms with Crippen LogP contribution < -0.4 is 0 Å². The van der Waals surface area contributed by atoms with Gasteiger partial charge in [0.25, 0.3) is 0 Å². The van der Waals surface area contributed by atoms with E-state index in [0.29, 0.717) is 0 Å². The van der Waals surface area contributed by atoms with Crippen LogP contribution in [-0.2, 0) is 11.2 Å². The molecule has 1 N–H and O–H groups in total. The van der Waals surface area contributed by atoms with Crippen LogP contribution >= 0.6 is 0 Å². The zero-order chi connectivity index (χ0) is 14.4. The first-order chi connectivity index (χ1) is 9.76. The second-order valence-corrected chi connectivity index (χ2v) is 5.00. The predicted molar refractivity (Wildman–Crippen MR) is 81.6 cm³/mol. The van der Waals surface area contributed by atoms with Crippen LogP contribution in [0.4, 0.5) is 0 Å². The maximum Gasteiger partial charge on any atom is 0.112 e. The number of rotatable bonds is 6. The average molecular weight is 270 g/mol. The molecule has 2 rings (SSSR count). The monoisotopic (exact) mass is 270 g/mol. The fourth-order valence-electron chi connectivity index (χ4n) is 2.43. The van der Waals surface area contributed by atoms with Crippen LogP contribution in [0.3, 0.4) is 0 Å². The van der Waals surface area contributed by atoms with Gasteiger partial charge in [-0.05, 0) is 23.1 Å². The van der Waals surface area contributed by atoms with E-state index in [-0.39, 0.29) is 6.10 Å². The Bertz CT molecular complexity index is 505. The molecule has 2 atom stereocenters. The van der Waals surface area contributed by atoms with Crippen LogP contribution in [-0.4, -0.2) is 12.2 Å². The van der Waals surface area contributed by atoms with E-state index in [1.165, 1.54) is 5.56 Å². The molecule has 0 aliphatic carbocycles. The van der Waals surface area contributed by atoms with Crippen molar-refractivity contribution >= 4 is 0 Å². The lowest BCUT2D eigenvalue weighted by molar-refractivity contribution is -0.0149. The zero-order valence-corrected chi connectivity index (χ0v) is 12.1. The van der Waals surface area contributed by atoms with Gasteiger partial charge in [0.15, 0.2) is 0 Å². The molecule has 2 nitrogen and oxygen atoms in total. The van der Waals surface area contributed by atoms with Gasteiger partial charge in [-0.15, -0.1) is 0 Å². The summed E-state index contributed by atoms with van der Waals surface area (Å²) >= 11 is 0. The number of methoxy groups -OCH3 is 1. The lowest BCUT2D eigenvalue weighted by Crippen LogP contribution is -2.13. The number of hydrogen-bond acceptors (Lipinski definition) is 2. The first kappa shape index (κ1) is 14.8. The maximum atomic E-state index is 10.5. The summed E-state index contributed by atoms with van der Waals surface area (Å²) in [6, 6.07) is 18.0. The van der Waals surface area contributed by atoms with E-state index in [9.17, 15) is 5.11 Å². The van der Waals surface area contributed by atoms with Crippen molar-refractivity contribution < 1.29 is 9.84 Å². The molecule has 2 unspecified atom stereocenters. The van der Waals surface area contributed by atoms with Gasteiger partial charge < -0.3 is 9.84 Å². The van der Waals surface area contributed by atoms with E-state index in [1.54, 1.807) is 7.11 Å². The molecular formula is C18H22O2. The minimum absolute atomic E-state index is 0.340. The SMILES string of the molecule is CCCc1ccc(C(O)C(OC)c2ccccc2)cc1. The van der Waals surface area contributed by atoms with Crippen LogP contribution in [0.25, 0.3) is 0 Å². The van der Waals surface area contributed by atoms with Crippen molar-refractivity contribution in [1.29, 1.82) is 0 Å². The third-order valence-electron chi connectivity index (χ3n) is 3.53. The molecule has 0 aliphatic rings. The Morgan fingerprint density at radius 2 is 1.60 bits per heavy atom. The minimum atomic E-state index is -0.655. The average Bonchev–Trinajstić information content (AvgIpc) is 2.50. The number of benzene rings is 2. The van der Waals surface area contributed by atoms with Gasteiger partial charge in [0.2, 0.25) is 0 Å². The van der Waals surface area contributed by atoms with Crippen LogP contribution in [0.1, 0.15) is 42.2 Å². The number of aliphatic hydroxyl groups excluding tert-OH is 1. The highest BCUT2D eigenvalue weighted by Crippen LogP contribution is 2.31. The molecule has 0 saturated heterocycles. The van der Waals surface area contributed by atoms with E-state index in [0.717, 1.165) is 24.0 Å². The topological polar surface area (TPSA) is 29.5 Å². The van der Waals surface area contributed by atoms with Crippen molar-refractivity contribution in [2.24, 2.45) is 0 Å². The third kappa shape index (κ3) is 3.47. The summed E-state index contributed by atoms with van der Waals surface area (Å²) < 4.78 is 5.48. The van der Waals surface area contributed by atoms with E-state index in [1.807, 2.05) is 42.5 Å². The molecule has 0 spiro atoms. The lowest BCUT2D eigenvalue weighted by Gasteiger charge is -2.22. The van der Waals surface area contributed by atoms with Gasteiger partial charge in [-0.2, -0.15) is 0 Å². The molecule has 0 amide bonds. The Morgan fingerprint density at radius 1 is 0.950 bits per heavy atom. The molecule has 0 aliphatic heterocycles. The first-order valence-electron chi connectivity index (χ1n) is 7.11. The molecule has 0 fully saturated rings. The maximum absolute atomic E-state index is 10.5. The van der Waals surface area contributed by atoms with E-state index in [2.05, 4.69) is 19.1 Å². The highest BCUT2D eigenvalue weighted by molar-refractivity contribution is 5.28. The molecule has 0 heterocycles. The van der Waals surface area contributed by atoms with Crippen molar-refractivity contribution in [3.05, 3.63) is 71.3 Å². The van der Waals surface area contributed by atoms with Crippen molar-refractivity contribution in [3.8, 4) is 0 Å². The summed E-state index contributed by atoms with van der Waals surface area (Å²) in [4.78, 5) is 0. The molecule has 0 saturated carbocycles. The molecule has 106 valence electrons. The van der Waals surface area contributed by atoms with E-state index >= 15 is 0 Å². The summed E-state index contributed by atoms with van der Waals surface area (Å²) in [7, 11) is 1.63. The van der Waals surface area contributed by atoms with Gasteiger partial charge >= 0.3 is 0 Å². The van der Waals surface area contributed by atoms with E-state index in [4.69, 9.17) is 4.74 Å². The van der Waals surface area contributed by atoms with Gasteiger partial charge in [0.05, 0.1) is 0 Å². The summed E-state index contributed by atoms with van der Waals surface area (Å²) in [5.41, 5.74) is 3.18. The largest absolute Gasteiger partial charge is 0.385 e. The fraction of sp³-hybridized carbons (Fsp3) is 0.333. The molecular weight excluding hydrogens is 248 g/mol. The smallest absolute Gasteiger partial charge is 0.112 e. The highest BCUT2D eigenvalue weighted by atomic mass is 16.5. The van der Waals surface area contributed by atoms with Gasteiger partial charge in [-0.1, -0.05) is 67.9 Å². The Hall–Kier alpha value is -1.64. The molecule has 2 aromatic rings. The lowest BCUT2D eigenvalue weighted by atomic mass is 9.97. The van der Waals surface area contributed by atoms with Crippen molar-refractivity contribution in [2.45, 2.75) is 32.0 Å². The van der Waals surface area contributed by atoms with Crippen molar-refractivity contribution in [3.63, 3.8) is 0 Å². The zero-order valence-electron chi connectivity index (χ0n) is 12.1. The van der Waals surface area contributed by atoms with Gasteiger partial charge in [-0.3, -0.25) is 0 Å². The molecule has 20 heavy (non-hydrogen) atoms. The Kier molecular flexibility index (Phi) is 5.33. The van der Waals surface area contributed by atoms with Crippen molar-refractivity contribution in [1.82, 2.24) is 0 Å². The van der Waals surface area contributed by atoms with Gasteiger partial charge in [0.1, 0.15) is 12.2 Å². The normalized spacial score (nSPS) is 13.9. The highest BCUT2D eigenvalue weighted by Gasteiger charge is 2.22. The van der Waals surface area contributed by atoms with Crippen LogP contribution in [0, 0.1) is 0 Å². The van der Waals surface area contributed by atoms with E-state index < -0.39 is 6.10 Å². The number of hydrogen-bond donors (Lipinski definition) is 1. The summed E-state index contributed by atoms with van der Waals surface area (Å²) in [5.74, 6) is 0. The standard InChI is InChI=1S/C18H22O2/c1-3-7-14-10-12-15(13-11-14)17(19)18(20-2)16-8-5-4-6-9-16/h4-6,8-13,17-19H,3,7H2,1-2H3. The minimum Gasteiger partial charge on any atom is -0.385 e. The van der Waals surface area contributed by atoms with Crippen LogP contribution in [0.2, 0.25) is 0 Å². The Labute approximate surface area is 121 Å². The third-order valence-corrected chi connectivity index (χ3v) is 3.53. The summed E-state index contributed by atoms with van der Waals surface area (Å²) in [6.45, 7) is 2.17. The quantitative estimate of drug-likeness (QED) is 0.857. The second kappa shape index (κ2) is 7.22. The molecule has 0 radical (unpaired) electrons. The second-order valence-electron chi connectivity index (χ2n) is 5.00. The molecule has 0 aromatic heterocycles. The predicted octanol–water partition coefficient (Wildman–Crippen LogP) is 4.06. The molecule has 2 aromatic carbocycles. The molecule has 0 bridgehead atoms. The number of aryl methyl sites for hydroxylation is 1. The van der Waals surface area contributed by atoms with Crippen LogP contribution in [0.5, 0.6) is 0 Å². The van der Waals surface area contributed by atoms with Crippen molar-refractivity contribution in [2.75, 3.05) is 7.11 Å². The van der Waals surface area contributed by atoms with Gasteiger partial charge in [-0.25, -0.2) is 0 Å². The summed E-state index contributed by atoms with van der Waals surface area (Å²) in [5, 5.41) is 10.5. The van der Waals surface area contributed by atoms with Crippen LogP contribution in [0.15, 0.2) is 54.6 Å². The van der Waals surface area contributed by atoms with Gasteiger partial charge in [0, 0.05) is 7.11 Å². The fourth-order valence-corrected chi connectivity index (χ4v) is 2.43. The Balaban J connectivity index is 2.18. The summed E-state index contributed by atoms with van der Waals surface area (Å²) in [6.07, 6.45) is 1.21. The number of aliphatic hydroxyl groups is 1. The number of ether oxygens (including phenoxy) is 1. The first-order valence-corrected chi connectivity index (χ1v) is 7.11. The Morgan fingerprint density at radius 3 is 2.15 bits per heavy atom.